The molecule has 2 rings (SSSR count). The molecule has 0 saturated carbocycles. The van der Waals surface area contributed by atoms with E-state index in [1.54, 1.807) is 0 Å². The van der Waals surface area contributed by atoms with Crippen molar-refractivity contribution in [3.8, 4) is 0 Å². The fourth-order valence-electron chi connectivity index (χ4n) is 2.34. The molecule has 1 aromatic rings. The summed E-state index contributed by atoms with van der Waals surface area (Å²) in [4.78, 5) is 14.0. The molecule has 2 atom stereocenters. The molecule has 2 unspecified atom stereocenters. The lowest BCUT2D eigenvalue weighted by molar-refractivity contribution is -0.141. The van der Waals surface area contributed by atoms with Crippen LogP contribution in [-0.2, 0) is 9.53 Å². The predicted molar refractivity (Wildman–Crippen MR) is 76.3 cm³/mol. The SMILES string of the molecule is Cc1ccc(NCC(=O)N2CC(C)OC(C)C2)cc1. The zero-order chi connectivity index (χ0) is 13.8. The van der Waals surface area contributed by atoms with Gasteiger partial charge in [-0.1, -0.05) is 17.7 Å². The summed E-state index contributed by atoms with van der Waals surface area (Å²) in [7, 11) is 0. The summed E-state index contributed by atoms with van der Waals surface area (Å²) in [5.41, 5.74) is 2.20. The van der Waals surface area contributed by atoms with Crippen LogP contribution in [0.25, 0.3) is 0 Å². The fraction of sp³-hybridized carbons (Fsp3) is 0.533. The van der Waals surface area contributed by atoms with Gasteiger partial charge in [0.25, 0.3) is 0 Å². The number of hydrogen-bond acceptors (Lipinski definition) is 3. The maximum Gasteiger partial charge on any atom is 0.242 e. The van der Waals surface area contributed by atoms with E-state index < -0.39 is 0 Å². The minimum absolute atomic E-state index is 0.118. The maximum atomic E-state index is 12.1. The Balaban J connectivity index is 1.85. The second kappa shape index (κ2) is 6.06. The number of carbonyl (C=O) groups is 1. The van der Waals surface area contributed by atoms with Crippen LogP contribution in [0.1, 0.15) is 19.4 Å². The Morgan fingerprint density at radius 1 is 1.26 bits per heavy atom. The second-order valence-corrected chi connectivity index (χ2v) is 5.28. The Morgan fingerprint density at radius 2 is 1.84 bits per heavy atom. The number of amides is 1. The summed E-state index contributed by atoms with van der Waals surface area (Å²) >= 11 is 0. The van der Waals surface area contributed by atoms with E-state index in [4.69, 9.17) is 4.74 Å². The van der Waals surface area contributed by atoms with Crippen LogP contribution in [-0.4, -0.2) is 42.6 Å². The first-order valence-electron chi connectivity index (χ1n) is 6.78. The summed E-state index contributed by atoms with van der Waals surface area (Å²) in [5.74, 6) is 0.127. The van der Waals surface area contributed by atoms with Gasteiger partial charge in [-0.15, -0.1) is 0 Å². The van der Waals surface area contributed by atoms with Gasteiger partial charge in [0, 0.05) is 18.8 Å². The van der Waals surface area contributed by atoms with Gasteiger partial charge in [-0.05, 0) is 32.9 Å². The van der Waals surface area contributed by atoms with Gasteiger partial charge in [0.2, 0.25) is 5.91 Å². The summed E-state index contributed by atoms with van der Waals surface area (Å²) in [6.07, 6.45) is 0.235. The van der Waals surface area contributed by atoms with E-state index in [0.717, 1.165) is 5.69 Å². The molecular weight excluding hydrogens is 240 g/mol. The van der Waals surface area contributed by atoms with Gasteiger partial charge in [-0.25, -0.2) is 0 Å². The lowest BCUT2D eigenvalue weighted by atomic mass is 10.2. The van der Waals surface area contributed by atoms with E-state index >= 15 is 0 Å². The van der Waals surface area contributed by atoms with Crippen LogP contribution in [0.3, 0.4) is 0 Å². The van der Waals surface area contributed by atoms with E-state index in [0.29, 0.717) is 19.6 Å². The van der Waals surface area contributed by atoms with Gasteiger partial charge < -0.3 is 15.0 Å². The third-order valence-corrected chi connectivity index (χ3v) is 3.27. The first-order chi connectivity index (χ1) is 9.04. The number of carbonyl (C=O) groups excluding carboxylic acids is 1. The Bertz CT molecular complexity index is 420. The predicted octanol–water partition coefficient (Wildman–Crippen LogP) is 2.04. The Labute approximate surface area is 114 Å². The molecule has 4 heteroatoms. The Kier molecular flexibility index (Phi) is 4.43. The van der Waals surface area contributed by atoms with Crippen molar-refractivity contribution in [3.63, 3.8) is 0 Å². The van der Waals surface area contributed by atoms with Crippen LogP contribution in [0.5, 0.6) is 0 Å². The van der Waals surface area contributed by atoms with Crippen LogP contribution in [0.4, 0.5) is 5.69 Å². The molecule has 1 heterocycles. The molecule has 1 aromatic carbocycles. The monoisotopic (exact) mass is 262 g/mol. The van der Waals surface area contributed by atoms with E-state index in [-0.39, 0.29) is 18.1 Å². The number of rotatable bonds is 3. The van der Waals surface area contributed by atoms with Crippen LogP contribution in [0, 0.1) is 6.92 Å². The second-order valence-electron chi connectivity index (χ2n) is 5.28. The van der Waals surface area contributed by atoms with Crippen molar-refractivity contribution >= 4 is 11.6 Å². The highest BCUT2D eigenvalue weighted by Gasteiger charge is 2.25. The topological polar surface area (TPSA) is 41.6 Å². The average Bonchev–Trinajstić information content (AvgIpc) is 2.36. The molecule has 0 bridgehead atoms. The first kappa shape index (κ1) is 13.9. The van der Waals surface area contributed by atoms with Gasteiger partial charge >= 0.3 is 0 Å². The van der Waals surface area contributed by atoms with Gasteiger partial charge in [0.15, 0.2) is 0 Å². The highest BCUT2D eigenvalue weighted by molar-refractivity contribution is 5.81. The fourth-order valence-corrected chi connectivity index (χ4v) is 2.34. The number of hydrogen-bond donors (Lipinski definition) is 1. The molecule has 104 valence electrons. The van der Waals surface area contributed by atoms with Crippen LogP contribution >= 0.6 is 0 Å². The van der Waals surface area contributed by atoms with E-state index in [9.17, 15) is 4.79 Å². The van der Waals surface area contributed by atoms with E-state index in [2.05, 4.69) is 5.32 Å². The molecule has 0 aromatic heterocycles. The summed E-state index contributed by atoms with van der Waals surface area (Å²) in [6.45, 7) is 7.75. The van der Waals surface area contributed by atoms with Gasteiger partial charge in [0.1, 0.15) is 0 Å². The summed E-state index contributed by atoms with van der Waals surface area (Å²) in [6, 6.07) is 8.05. The van der Waals surface area contributed by atoms with Crippen molar-refractivity contribution < 1.29 is 9.53 Å². The largest absolute Gasteiger partial charge is 0.376 e. The molecule has 1 aliphatic rings. The molecule has 0 spiro atoms. The molecule has 4 nitrogen and oxygen atoms in total. The number of benzene rings is 1. The quantitative estimate of drug-likeness (QED) is 0.906. The first-order valence-corrected chi connectivity index (χ1v) is 6.78. The standard InChI is InChI=1S/C15H22N2O2/c1-11-4-6-14(7-5-11)16-8-15(18)17-9-12(2)19-13(3)10-17/h4-7,12-13,16H,8-10H2,1-3H3. The molecule has 1 amide bonds. The van der Waals surface area contributed by atoms with Gasteiger partial charge in [0.05, 0.1) is 18.8 Å². The van der Waals surface area contributed by atoms with Crippen LogP contribution in [0.15, 0.2) is 24.3 Å². The van der Waals surface area contributed by atoms with E-state index in [1.807, 2.05) is 49.9 Å². The third kappa shape index (κ3) is 3.96. The number of aryl methyl sites for hydroxylation is 1. The molecule has 1 aliphatic heterocycles. The molecule has 1 saturated heterocycles. The normalized spacial score (nSPS) is 23.2. The highest BCUT2D eigenvalue weighted by atomic mass is 16.5. The molecule has 19 heavy (non-hydrogen) atoms. The zero-order valence-corrected chi connectivity index (χ0v) is 11.8. The number of nitrogens with one attached hydrogen (secondary N) is 1. The summed E-state index contributed by atoms with van der Waals surface area (Å²) < 4.78 is 5.63. The van der Waals surface area contributed by atoms with Crippen molar-refractivity contribution in [1.82, 2.24) is 4.90 Å². The number of nitrogens with zero attached hydrogens (tertiary/aromatic N) is 1. The number of anilines is 1. The smallest absolute Gasteiger partial charge is 0.242 e. The van der Waals surface area contributed by atoms with Crippen molar-refractivity contribution in [3.05, 3.63) is 29.8 Å². The highest BCUT2D eigenvalue weighted by Crippen LogP contribution is 2.12. The van der Waals surface area contributed by atoms with Crippen LogP contribution < -0.4 is 5.32 Å². The van der Waals surface area contributed by atoms with Crippen molar-refractivity contribution in [2.45, 2.75) is 33.0 Å². The number of ether oxygens (including phenoxy) is 1. The Hall–Kier alpha value is -1.55. The maximum absolute atomic E-state index is 12.1. The molecule has 1 N–H and O–H groups in total. The molecule has 0 radical (unpaired) electrons. The van der Waals surface area contributed by atoms with Crippen molar-refractivity contribution in [1.29, 1.82) is 0 Å². The van der Waals surface area contributed by atoms with Gasteiger partial charge in [-0.3, -0.25) is 4.79 Å². The average molecular weight is 262 g/mol. The third-order valence-electron chi connectivity index (χ3n) is 3.27. The van der Waals surface area contributed by atoms with Gasteiger partial charge in [-0.2, -0.15) is 0 Å². The molecule has 0 aliphatic carbocycles. The molecule has 1 fully saturated rings. The van der Waals surface area contributed by atoms with Crippen molar-refractivity contribution in [2.75, 3.05) is 25.0 Å². The lowest BCUT2D eigenvalue weighted by Gasteiger charge is -2.35. The lowest BCUT2D eigenvalue weighted by Crippen LogP contribution is -2.49. The minimum Gasteiger partial charge on any atom is -0.376 e. The zero-order valence-electron chi connectivity index (χ0n) is 11.8. The van der Waals surface area contributed by atoms with E-state index in [1.165, 1.54) is 5.56 Å². The minimum atomic E-state index is 0.118. The Morgan fingerprint density at radius 3 is 2.42 bits per heavy atom. The van der Waals surface area contributed by atoms with Crippen molar-refractivity contribution in [2.24, 2.45) is 0 Å². The molecular formula is C15H22N2O2. The van der Waals surface area contributed by atoms with Crippen LogP contribution in [0.2, 0.25) is 0 Å². The summed E-state index contributed by atoms with van der Waals surface area (Å²) in [5, 5.41) is 3.17. The number of morpholine rings is 1.